The summed E-state index contributed by atoms with van der Waals surface area (Å²) in [6.45, 7) is 2.70. The number of nitrogens with two attached hydrogens (primary N) is 1. The van der Waals surface area contributed by atoms with Crippen molar-refractivity contribution >= 4 is 5.84 Å². The maximum absolute atomic E-state index is 8.71. The molecule has 1 aromatic carbocycles. The third-order valence-corrected chi connectivity index (χ3v) is 2.75. The molecule has 6 heteroatoms. The van der Waals surface area contributed by atoms with Gasteiger partial charge in [0.2, 0.25) is 0 Å². The predicted octanol–water partition coefficient (Wildman–Crippen LogP) is 2.15. The normalized spacial score (nSPS) is 11.2. The van der Waals surface area contributed by atoms with E-state index in [-0.39, 0.29) is 5.84 Å². The number of hydrogen-bond donors (Lipinski definition) is 2. The second-order valence-electron chi connectivity index (χ2n) is 4.19. The molecule has 0 saturated carbocycles. The van der Waals surface area contributed by atoms with Gasteiger partial charge < -0.3 is 20.4 Å². The molecule has 0 radical (unpaired) electrons. The Hall–Kier alpha value is -2.76. The molecule has 2 rings (SSSR count). The van der Waals surface area contributed by atoms with E-state index in [1.165, 1.54) is 0 Å². The summed E-state index contributed by atoms with van der Waals surface area (Å²) in [5.41, 5.74) is 6.95. The van der Waals surface area contributed by atoms with Crippen LogP contribution in [0.1, 0.15) is 18.2 Å². The van der Waals surface area contributed by atoms with Crippen LogP contribution in [0, 0.1) is 0 Å². The van der Waals surface area contributed by atoms with Crippen molar-refractivity contribution < 1.29 is 14.7 Å². The van der Waals surface area contributed by atoms with Gasteiger partial charge in [-0.05, 0) is 37.3 Å². The van der Waals surface area contributed by atoms with Crippen molar-refractivity contribution in [3.63, 3.8) is 0 Å². The van der Waals surface area contributed by atoms with Gasteiger partial charge in [-0.2, -0.15) is 0 Å². The zero-order valence-electron chi connectivity index (χ0n) is 11.7. The van der Waals surface area contributed by atoms with Gasteiger partial charge in [-0.15, -0.1) is 0 Å². The Morgan fingerprint density at radius 3 is 2.76 bits per heavy atom. The highest BCUT2D eigenvalue weighted by atomic mass is 16.5. The molecule has 0 fully saturated rings. The van der Waals surface area contributed by atoms with Crippen LogP contribution in [0.25, 0.3) is 0 Å². The van der Waals surface area contributed by atoms with Crippen LogP contribution in [0.4, 0.5) is 0 Å². The molecule has 0 unspecified atom stereocenters. The van der Waals surface area contributed by atoms with Gasteiger partial charge in [0.15, 0.2) is 17.3 Å². The summed E-state index contributed by atoms with van der Waals surface area (Å²) in [5, 5.41) is 11.7. The van der Waals surface area contributed by atoms with Crippen LogP contribution < -0.4 is 15.2 Å². The number of aromatic nitrogens is 1. The minimum Gasteiger partial charge on any atom is -0.490 e. The highest BCUT2D eigenvalue weighted by Gasteiger charge is 2.09. The van der Waals surface area contributed by atoms with Crippen molar-refractivity contribution in [2.45, 2.75) is 13.5 Å². The number of nitrogens with zero attached hydrogens (tertiary/aromatic N) is 2. The van der Waals surface area contributed by atoms with E-state index in [1.807, 2.05) is 25.1 Å². The SMILES string of the molecule is CCOc1cc(C(N)=NO)ccc1OCc1ccccn1. The molecule has 0 saturated heterocycles. The topological polar surface area (TPSA) is 90.0 Å². The zero-order valence-corrected chi connectivity index (χ0v) is 11.7. The maximum Gasteiger partial charge on any atom is 0.170 e. The summed E-state index contributed by atoms with van der Waals surface area (Å²) in [6.07, 6.45) is 1.71. The maximum atomic E-state index is 8.71. The number of benzene rings is 1. The molecule has 0 aliphatic rings. The fourth-order valence-corrected chi connectivity index (χ4v) is 1.75. The Labute approximate surface area is 122 Å². The monoisotopic (exact) mass is 287 g/mol. The standard InChI is InChI=1S/C15H17N3O3/c1-2-20-14-9-11(15(16)18-19)6-7-13(14)21-10-12-5-3-4-8-17-12/h3-9,19H,2,10H2,1H3,(H2,16,18). The lowest BCUT2D eigenvalue weighted by Crippen LogP contribution is -2.13. The van der Waals surface area contributed by atoms with Crippen LogP contribution in [0.5, 0.6) is 11.5 Å². The number of hydrogen-bond acceptors (Lipinski definition) is 5. The molecule has 0 aliphatic heterocycles. The van der Waals surface area contributed by atoms with E-state index in [9.17, 15) is 0 Å². The van der Waals surface area contributed by atoms with Crippen LogP contribution in [-0.4, -0.2) is 22.6 Å². The molecule has 3 N–H and O–H groups in total. The minimum atomic E-state index is 0.0206. The highest BCUT2D eigenvalue weighted by Crippen LogP contribution is 2.29. The van der Waals surface area contributed by atoms with Gasteiger partial charge in [0.25, 0.3) is 0 Å². The Bertz CT molecular complexity index is 615. The lowest BCUT2D eigenvalue weighted by Gasteiger charge is -2.12. The number of amidine groups is 1. The van der Waals surface area contributed by atoms with E-state index in [0.29, 0.717) is 30.3 Å². The highest BCUT2D eigenvalue weighted by molar-refractivity contribution is 5.97. The third-order valence-electron chi connectivity index (χ3n) is 2.75. The van der Waals surface area contributed by atoms with Gasteiger partial charge in [0.05, 0.1) is 12.3 Å². The first-order valence-electron chi connectivity index (χ1n) is 6.52. The second-order valence-corrected chi connectivity index (χ2v) is 4.19. The summed E-state index contributed by atoms with van der Waals surface area (Å²) in [7, 11) is 0. The van der Waals surface area contributed by atoms with Crippen molar-refractivity contribution in [2.75, 3.05) is 6.61 Å². The molecule has 0 amide bonds. The van der Waals surface area contributed by atoms with Crippen LogP contribution >= 0.6 is 0 Å². The quantitative estimate of drug-likeness (QED) is 0.368. The fraction of sp³-hybridized carbons (Fsp3) is 0.200. The Morgan fingerprint density at radius 1 is 1.24 bits per heavy atom. The molecular weight excluding hydrogens is 270 g/mol. The van der Waals surface area contributed by atoms with E-state index < -0.39 is 0 Å². The summed E-state index contributed by atoms with van der Waals surface area (Å²) in [5.74, 6) is 1.14. The first kappa shape index (κ1) is 14.6. The molecule has 1 aromatic heterocycles. The van der Waals surface area contributed by atoms with E-state index in [0.717, 1.165) is 5.69 Å². The average Bonchev–Trinajstić information content (AvgIpc) is 2.54. The summed E-state index contributed by atoms with van der Waals surface area (Å²) >= 11 is 0. The molecule has 110 valence electrons. The van der Waals surface area contributed by atoms with E-state index in [4.69, 9.17) is 20.4 Å². The van der Waals surface area contributed by atoms with Crippen molar-refractivity contribution in [3.05, 3.63) is 53.9 Å². The van der Waals surface area contributed by atoms with E-state index in [1.54, 1.807) is 24.4 Å². The molecule has 2 aromatic rings. The van der Waals surface area contributed by atoms with Crippen LogP contribution in [0.2, 0.25) is 0 Å². The van der Waals surface area contributed by atoms with Gasteiger partial charge in [-0.3, -0.25) is 4.98 Å². The first-order chi connectivity index (χ1) is 10.2. The lowest BCUT2D eigenvalue weighted by molar-refractivity contribution is 0.266. The minimum absolute atomic E-state index is 0.0206. The average molecular weight is 287 g/mol. The van der Waals surface area contributed by atoms with Gasteiger partial charge in [0.1, 0.15) is 6.61 Å². The van der Waals surface area contributed by atoms with Crippen molar-refractivity contribution in [3.8, 4) is 11.5 Å². The molecule has 1 heterocycles. The largest absolute Gasteiger partial charge is 0.490 e. The van der Waals surface area contributed by atoms with Crippen LogP contribution in [0.15, 0.2) is 47.8 Å². The summed E-state index contributed by atoms with van der Waals surface area (Å²) in [6, 6.07) is 10.7. The van der Waals surface area contributed by atoms with Crippen molar-refractivity contribution in [2.24, 2.45) is 10.9 Å². The predicted molar refractivity (Wildman–Crippen MR) is 78.7 cm³/mol. The second kappa shape index (κ2) is 7.14. The molecular formula is C15H17N3O3. The van der Waals surface area contributed by atoms with Crippen LogP contribution in [0.3, 0.4) is 0 Å². The Balaban J connectivity index is 2.18. The third kappa shape index (κ3) is 3.85. The van der Waals surface area contributed by atoms with Gasteiger partial charge in [0, 0.05) is 11.8 Å². The van der Waals surface area contributed by atoms with E-state index in [2.05, 4.69) is 10.1 Å². The molecule has 0 bridgehead atoms. The molecule has 0 aliphatic carbocycles. The van der Waals surface area contributed by atoms with E-state index >= 15 is 0 Å². The first-order valence-corrected chi connectivity index (χ1v) is 6.52. The molecule has 21 heavy (non-hydrogen) atoms. The number of oxime groups is 1. The van der Waals surface area contributed by atoms with Gasteiger partial charge in [-0.1, -0.05) is 11.2 Å². The van der Waals surface area contributed by atoms with Crippen LogP contribution in [-0.2, 0) is 6.61 Å². The number of rotatable bonds is 6. The summed E-state index contributed by atoms with van der Waals surface area (Å²) in [4.78, 5) is 4.19. The fourth-order valence-electron chi connectivity index (χ4n) is 1.75. The number of ether oxygens (including phenoxy) is 2. The lowest BCUT2D eigenvalue weighted by atomic mass is 10.2. The Morgan fingerprint density at radius 2 is 2.10 bits per heavy atom. The zero-order chi connectivity index (χ0) is 15.1. The van der Waals surface area contributed by atoms with Crippen molar-refractivity contribution in [1.29, 1.82) is 0 Å². The molecule has 0 spiro atoms. The van der Waals surface area contributed by atoms with Gasteiger partial charge >= 0.3 is 0 Å². The van der Waals surface area contributed by atoms with Crippen molar-refractivity contribution in [1.82, 2.24) is 4.98 Å². The van der Waals surface area contributed by atoms with Gasteiger partial charge in [-0.25, -0.2) is 0 Å². The summed E-state index contributed by atoms with van der Waals surface area (Å²) < 4.78 is 11.2. The molecule has 0 atom stereocenters. The Kier molecular flexibility index (Phi) is 4.98. The smallest absolute Gasteiger partial charge is 0.170 e. The molecule has 6 nitrogen and oxygen atoms in total. The number of pyridine rings is 1.